The highest BCUT2D eigenvalue weighted by atomic mass is 19.4. The average molecular weight is 328 g/mol. The Morgan fingerprint density at radius 2 is 1.87 bits per heavy atom. The molecule has 0 aromatic heterocycles. The molecule has 2 rings (SSSR count). The van der Waals surface area contributed by atoms with Crippen LogP contribution in [0.2, 0.25) is 0 Å². The fraction of sp³-hybridized carbons (Fsp3) is 0.588. The lowest BCUT2D eigenvalue weighted by atomic mass is 9.78. The van der Waals surface area contributed by atoms with Gasteiger partial charge in [0.15, 0.2) is 0 Å². The van der Waals surface area contributed by atoms with E-state index in [1.54, 1.807) is 0 Å². The van der Waals surface area contributed by atoms with Crippen molar-refractivity contribution in [2.75, 3.05) is 13.1 Å². The smallest absolute Gasteiger partial charge is 0.344 e. The van der Waals surface area contributed by atoms with Gasteiger partial charge in [-0.05, 0) is 18.4 Å². The molecule has 1 unspecified atom stereocenters. The van der Waals surface area contributed by atoms with E-state index in [1.807, 2.05) is 44.2 Å². The highest BCUT2D eigenvalue weighted by Gasteiger charge is 2.48. The van der Waals surface area contributed by atoms with Gasteiger partial charge in [0.1, 0.15) is 0 Å². The molecule has 0 radical (unpaired) electrons. The summed E-state index contributed by atoms with van der Waals surface area (Å²) in [6.45, 7) is 5.77. The zero-order valence-electron chi connectivity index (χ0n) is 13.5. The van der Waals surface area contributed by atoms with Crippen molar-refractivity contribution in [3.05, 3.63) is 35.9 Å². The minimum Gasteiger partial charge on any atom is -0.344 e. The number of amides is 1. The Bertz CT molecular complexity index is 526. The van der Waals surface area contributed by atoms with Gasteiger partial charge in [0.25, 0.3) is 0 Å². The van der Waals surface area contributed by atoms with Crippen LogP contribution in [0.4, 0.5) is 13.2 Å². The van der Waals surface area contributed by atoms with Crippen LogP contribution < -0.4 is 5.32 Å². The number of halogens is 3. The fourth-order valence-corrected chi connectivity index (χ4v) is 3.44. The maximum Gasteiger partial charge on any atom is 0.471 e. The molecule has 128 valence electrons. The van der Waals surface area contributed by atoms with Gasteiger partial charge in [0, 0.05) is 31.1 Å². The molecule has 0 bridgehead atoms. The quantitative estimate of drug-likeness (QED) is 0.899. The van der Waals surface area contributed by atoms with Crippen molar-refractivity contribution in [3.63, 3.8) is 0 Å². The van der Waals surface area contributed by atoms with E-state index in [9.17, 15) is 18.0 Å². The Hall–Kier alpha value is -1.56. The van der Waals surface area contributed by atoms with Crippen LogP contribution in [0.15, 0.2) is 30.3 Å². The zero-order chi connectivity index (χ0) is 17.1. The summed E-state index contributed by atoms with van der Waals surface area (Å²) in [5.74, 6) is -1.84. The number of carbonyl (C=O) groups excluding carboxylic acids is 1. The van der Waals surface area contributed by atoms with E-state index in [4.69, 9.17) is 0 Å². The average Bonchev–Trinajstić information content (AvgIpc) is 2.85. The van der Waals surface area contributed by atoms with Crippen molar-refractivity contribution in [2.45, 2.75) is 45.5 Å². The van der Waals surface area contributed by atoms with Crippen molar-refractivity contribution in [1.29, 1.82) is 0 Å². The molecule has 1 N–H and O–H groups in total. The molecule has 1 aliphatic rings. The molecule has 6 heteroatoms. The third-order valence-electron chi connectivity index (χ3n) is 4.94. The molecular formula is C17H23F3N2O. The van der Waals surface area contributed by atoms with E-state index in [2.05, 4.69) is 10.2 Å². The first-order valence-corrected chi connectivity index (χ1v) is 7.94. The summed E-state index contributed by atoms with van der Waals surface area (Å²) >= 11 is 0. The Kier molecular flexibility index (Phi) is 5.34. The fourth-order valence-electron chi connectivity index (χ4n) is 3.44. The number of carbonyl (C=O) groups is 1. The molecule has 1 atom stereocenters. The standard InChI is InChI=1S/C17H23F3N2O/c1-3-16(4-2)12-22(10-13-8-6-5-7-9-13)11-14(16)21-15(23)17(18,19)20/h5-9,14H,3-4,10-12H2,1-2H3,(H,21,23). The number of likely N-dealkylation sites (tertiary alicyclic amines) is 1. The molecule has 1 heterocycles. The monoisotopic (exact) mass is 328 g/mol. The van der Waals surface area contributed by atoms with Gasteiger partial charge in [0.05, 0.1) is 0 Å². The Balaban J connectivity index is 2.11. The summed E-state index contributed by atoms with van der Waals surface area (Å²) in [7, 11) is 0. The van der Waals surface area contributed by atoms with Gasteiger partial charge in [-0.2, -0.15) is 13.2 Å². The lowest BCUT2D eigenvalue weighted by Gasteiger charge is -2.33. The second-order valence-corrected chi connectivity index (χ2v) is 6.25. The molecule has 23 heavy (non-hydrogen) atoms. The molecule has 3 nitrogen and oxygen atoms in total. The second-order valence-electron chi connectivity index (χ2n) is 6.25. The number of nitrogens with zero attached hydrogens (tertiary/aromatic N) is 1. The summed E-state index contributed by atoms with van der Waals surface area (Å²) in [4.78, 5) is 13.5. The normalized spacial score (nSPS) is 21.3. The number of alkyl halides is 3. The number of hydrogen-bond donors (Lipinski definition) is 1. The van der Waals surface area contributed by atoms with Crippen molar-refractivity contribution >= 4 is 5.91 Å². The summed E-state index contributed by atoms with van der Waals surface area (Å²) in [6.07, 6.45) is -3.37. The van der Waals surface area contributed by atoms with E-state index in [0.29, 0.717) is 19.6 Å². The van der Waals surface area contributed by atoms with Crippen molar-refractivity contribution < 1.29 is 18.0 Å². The lowest BCUT2D eigenvalue weighted by molar-refractivity contribution is -0.175. The van der Waals surface area contributed by atoms with Crippen LogP contribution in [0.5, 0.6) is 0 Å². The summed E-state index contributed by atoms with van der Waals surface area (Å²) in [5.41, 5.74) is 0.812. The van der Waals surface area contributed by atoms with Crippen LogP contribution in [0.25, 0.3) is 0 Å². The third kappa shape index (κ3) is 4.05. The molecule has 0 saturated carbocycles. The predicted molar refractivity (Wildman–Crippen MR) is 82.7 cm³/mol. The molecule has 1 saturated heterocycles. The van der Waals surface area contributed by atoms with Gasteiger partial charge in [-0.15, -0.1) is 0 Å². The van der Waals surface area contributed by atoms with Crippen LogP contribution >= 0.6 is 0 Å². The number of benzene rings is 1. The Morgan fingerprint density at radius 3 is 2.39 bits per heavy atom. The highest BCUT2D eigenvalue weighted by Crippen LogP contribution is 2.38. The van der Waals surface area contributed by atoms with Gasteiger partial charge in [0.2, 0.25) is 0 Å². The topological polar surface area (TPSA) is 32.3 Å². The summed E-state index contributed by atoms with van der Waals surface area (Å²) in [5, 5.41) is 2.22. The van der Waals surface area contributed by atoms with Gasteiger partial charge in [-0.3, -0.25) is 9.69 Å². The Labute approximate surface area is 134 Å². The summed E-state index contributed by atoms with van der Waals surface area (Å²) in [6, 6.07) is 9.35. The third-order valence-corrected chi connectivity index (χ3v) is 4.94. The van der Waals surface area contributed by atoms with Gasteiger partial charge in [-0.1, -0.05) is 44.2 Å². The maximum absolute atomic E-state index is 12.6. The first-order valence-electron chi connectivity index (χ1n) is 7.94. The molecule has 0 spiro atoms. The zero-order valence-corrected chi connectivity index (χ0v) is 13.5. The molecule has 1 fully saturated rings. The SMILES string of the molecule is CCC1(CC)CN(Cc2ccccc2)CC1NC(=O)C(F)(F)F. The second kappa shape index (κ2) is 6.91. The Morgan fingerprint density at radius 1 is 1.26 bits per heavy atom. The maximum atomic E-state index is 12.6. The van der Waals surface area contributed by atoms with Crippen molar-refractivity contribution in [2.24, 2.45) is 5.41 Å². The van der Waals surface area contributed by atoms with E-state index >= 15 is 0 Å². The first kappa shape index (κ1) is 17.8. The molecule has 1 amide bonds. The minimum atomic E-state index is -4.83. The molecule has 1 aromatic carbocycles. The van der Waals surface area contributed by atoms with E-state index < -0.39 is 18.1 Å². The molecule has 1 aromatic rings. The van der Waals surface area contributed by atoms with Crippen molar-refractivity contribution in [3.8, 4) is 0 Å². The van der Waals surface area contributed by atoms with Gasteiger partial charge < -0.3 is 5.32 Å². The molecular weight excluding hydrogens is 305 g/mol. The molecule has 0 aliphatic carbocycles. The lowest BCUT2D eigenvalue weighted by Crippen LogP contribution is -2.50. The predicted octanol–water partition coefficient (Wildman–Crippen LogP) is 3.36. The van der Waals surface area contributed by atoms with Crippen LogP contribution in [-0.4, -0.2) is 36.1 Å². The summed E-state index contributed by atoms with van der Waals surface area (Å²) < 4.78 is 37.7. The van der Waals surface area contributed by atoms with Gasteiger partial charge >= 0.3 is 12.1 Å². The minimum absolute atomic E-state index is 0.310. The van der Waals surface area contributed by atoms with Crippen LogP contribution in [-0.2, 0) is 11.3 Å². The number of hydrogen-bond acceptors (Lipinski definition) is 2. The van der Waals surface area contributed by atoms with Gasteiger partial charge in [-0.25, -0.2) is 0 Å². The van der Waals surface area contributed by atoms with Crippen LogP contribution in [0.1, 0.15) is 32.3 Å². The number of nitrogens with one attached hydrogen (secondary N) is 1. The van der Waals surface area contributed by atoms with E-state index in [1.165, 1.54) is 0 Å². The largest absolute Gasteiger partial charge is 0.471 e. The van der Waals surface area contributed by atoms with Crippen LogP contribution in [0.3, 0.4) is 0 Å². The molecule has 1 aliphatic heterocycles. The van der Waals surface area contributed by atoms with Crippen molar-refractivity contribution in [1.82, 2.24) is 10.2 Å². The highest BCUT2D eigenvalue weighted by molar-refractivity contribution is 5.82. The van der Waals surface area contributed by atoms with Crippen LogP contribution in [0, 0.1) is 5.41 Å². The first-order chi connectivity index (χ1) is 10.8. The van der Waals surface area contributed by atoms with E-state index in [0.717, 1.165) is 18.4 Å². The number of rotatable bonds is 5. The van der Waals surface area contributed by atoms with E-state index in [-0.39, 0.29) is 5.41 Å².